The molecule has 1 rings (SSSR count). The molecule has 92 valence electrons. The minimum Gasteiger partial charge on any atom is -0.332 e. The first-order chi connectivity index (χ1) is 7.38. The van der Waals surface area contributed by atoms with E-state index >= 15 is 0 Å². The van der Waals surface area contributed by atoms with E-state index in [4.69, 9.17) is 0 Å². The second kappa shape index (κ2) is 4.98. The van der Waals surface area contributed by atoms with E-state index in [-0.39, 0.29) is 23.1 Å². The van der Waals surface area contributed by atoms with Crippen LogP contribution in [0.25, 0.3) is 0 Å². The molecule has 1 atom stereocenters. The molecule has 0 aromatic heterocycles. The fourth-order valence-electron chi connectivity index (χ4n) is 2.42. The summed E-state index contributed by atoms with van der Waals surface area (Å²) >= 11 is 0. The summed E-state index contributed by atoms with van der Waals surface area (Å²) in [6.07, 6.45) is 3.09. The molecule has 1 aliphatic heterocycles. The number of nitrogens with zero attached hydrogens (tertiary/aromatic N) is 1. The van der Waals surface area contributed by atoms with Gasteiger partial charge >= 0.3 is 0 Å². The highest BCUT2D eigenvalue weighted by molar-refractivity contribution is 5.89. The average Bonchev–Trinajstić information content (AvgIpc) is 2.19. The van der Waals surface area contributed by atoms with Crippen LogP contribution in [-0.4, -0.2) is 29.2 Å². The number of hydrogen-bond acceptors (Lipinski definition) is 2. The van der Waals surface area contributed by atoms with Crippen molar-refractivity contribution in [2.45, 2.75) is 59.4 Å². The van der Waals surface area contributed by atoms with Crippen molar-refractivity contribution in [2.75, 3.05) is 6.54 Å². The Balaban J connectivity index is 2.91. The highest BCUT2D eigenvalue weighted by Gasteiger charge is 2.38. The van der Waals surface area contributed by atoms with Crippen LogP contribution in [0.15, 0.2) is 0 Å². The smallest absolute Gasteiger partial charge is 0.223 e. The lowest BCUT2D eigenvalue weighted by Gasteiger charge is -2.41. The number of likely N-dealkylation sites (tertiary alicyclic amines) is 1. The fourth-order valence-corrected chi connectivity index (χ4v) is 2.42. The molecule has 0 spiro atoms. The monoisotopic (exact) mass is 225 g/mol. The van der Waals surface area contributed by atoms with Crippen molar-refractivity contribution in [3.05, 3.63) is 0 Å². The van der Waals surface area contributed by atoms with Crippen LogP contribution in [-0.2, 0) is 9.59 Å². The summed E-state index contributed by atoms with van der Waals surface area (Å²) in [5.41, 5.74) is -0.167. The highest BCUT2D eigenvalue weighted by Crippen LogP contribution is 2.28. The van der Waals surface area contributed by atoms with Gasteiger partial charge in [-0.05, 0) is 18.3 Å². The average molecular weight is 225 g/mol. The van der Waals surface area contributed by atoms with Gasteiger partial charge in [-0.25, -0.2) is 0 Å². The largest absolute Gasteiger partial charge is 0.332 e. The van der Waals surface area contributed by atoms with E-state index in [0.29, 0.717) is 12.8 Å². The summed E-state index contributed by atoms with van der Waals surface area (Å²) in [5.74, 6) is 0.329. The van der Waals surface area contributed by atoms with Crippen molar-refractivity contribution in [2.24, 2.45) is 5.41 Å². The Kier molecular flexibility index (Phi) is 4.11. The second-order valence-electron chi connectivity index (χ2n) is 5.63. The summed E-state index contributed by atoms with van der Waals surface area (Å²) in [6, 6.07) is -0.245. The first kappa shape index (κ1) is 13.2. The lowest BCUT2D eigenvalue weighted by Crippen LogP contribution is -2.53. The predicted molar refractivity (Wildman–Crippen MR) is 64.1 cm³/mol. The SMILES string of the molecule is CCC(=O)C(N1CCCCC1=O)C(C)(C)C. The number of ketones is 1. The summed E-state index contributed by atoms with van der Waals surface area (Å²) in [6.45, 7) is 8.72. The lowest BCUT2D eigenvalue weighted by molar-refractivity contribution is -0.145. The zero-order valence-electron chi connectivity index (χ0n) is 10.9. The van der Waals surface area contributed by atoms with E-state index in [2.05, 4.69) is 0 Å². The molecule has 1 saturated heterocycles. The Hall–Kier alpha value is -0.860. The normalized spacial score (nSPS) is 19.8. The van der Waals surface area contributed by atoms with E-state index in [1.165, 1.54) is 0 Å². The van der Waals surface area contributed by atoms with Crippen molar-refractivity contribution in [1.82, 2.24) is 4.90 Å². The van der Waals surface area contributed by atoms with E-state index in [0.717, 1.165) is 19.4 Å². The van der Waals surface area contributed by atoms with E-state index < -0.39 is 0 Å². The Labute approximate surface area is 98.2 Å². The van der Waals surface area contributed by atoms with Crippen molar-refractivity contribution in [3.63, 3.8) is 0 Å². The van der Waals surface area contributed by atoms with Crippen molar-refractivity contribution >= 4 is 11.7 Å². The van der Waals surface area contributed by atoms with Gasteiger partial charge in [0.15, 0.2) is 5.78 Å². The van der Waals surface area contributed by atoms with Crippen LogP contribution in [0.3, 0.4) is 0 Å². The topological polar surface area (TPSA) is 37.4 Å². The van der Waals surface area contributed by atoms with Gasteiger partial charge in [0.05, 0.1) is 6.04 Å². The number of Topliss-reactive ketones (excluding diaryl/α,β-unsaturated/α-hetero) is 1. The number of piperidine rings is 1. The highest BCUT2D eigenvalue weighted by atomic mass is 16.2. The Morgan fingerprint density at radius 1 is 1.38 bits per heavy atom. The molecule has 16 heavy (non-hydrogen) atoms. The molecule has 0 aromatic carbocycles. The molecule has 1 fully saturated rings. The molecule has 0 radical (unpaired) electrons. The Morgan fingerprint density at radius 3 is 2.44 bits per heavy atom. The van der Waals surface area contributed by atoms with E-state index in [9.17, 15) is 9.59 Å². The van der Waals surface area contributed by atoms with Gasteiger partial charge in [0.2, 0.25) is 5.91 Å². The third-order valence-electron chi connectivity index (χ3n) is 3.15. The predicted octanol–water partition coefficient (Wildman–Crippen LogP) is 2.39. The molecule has 0 N–H and O–H groups in total. The third kappa shape index (κ3) is 2.83. The molecule has 1 heterocycles. The van der Waals surface area contributed by atoms with Crippen molar-refractivity contribution < 1.29 is 9.59 Å². The van der Waals surface area contributed by atoms with Crippen LogP contribution in [0.2, 0.25) is 0 Å². The van der Waals surface area contributed by atoms with Gasteiger partial charge in [0.1, 0.15) is 0 Å². The van der Waals surface area contributed by atoms with Crippen LogP contribution in [0.4, 0.5) is 0 Å². The third-order valence-corrected chi connectivity index (χ3v) is 3.15. The molecule has 0 bridgehead atoms. The van der Waals surface area contributed by atoms with Gasteiger partial charge in [0, 0.05) is 19.4 Å². The summed E-state index contributed by atoms with van der Waals surface area (Å²) in [4.78, 5) is 25.7. The first-order valence-electron chi connectivity index (χ1n) is 6.20. The molecular weight excluding hydrogens is 202 g/mol. The van der Waals surface area contributed by atoms with Crippen LogP contribution in [0.1, 0.15) is 53.4 Å². The Bertz CT molecular complexity index is 278. The number of carbonyl (C=O) groups excluding carboxylic acids is 2. The summed E-state index contributed by atoms with van der Waals surface area (Å²) in [7, 11) is 0. The minimum absolute atomic E-state index is 0.146. The maximum absolute atomic E-state index is 12.0. The summed E-state index contributed by atoms with van der Waals surface area (Å²) < 4.78 is 0. The molecule has 0 aliphatic carbocycles. The van der Waals surface area contributed by atoms with Crippen LogP contribution < -0.4 is 0 Å². The molecular formula is C13H23NO2. The van der Waals surface area contributed by atoms with E-state index in [1.54, 1.807) is 4.90 Å². The van der Waals surface area contributed by atoms with Crippen LogP contribution in [0, 0.1) is 5.41 Å². The lowest BCUT2D eigenvalue weighted by atomic mass is 9.81. The zero-order chi connectivity index (χ0) is 12.3. The molecule has 3 nitrogen and oxygen atoms in total. The van der Waals surface area contributed by atoms with Gasteiger partial charge in [0.25, 0.3) is 0 Å². The van der Waals surface area contributed by atoms with Crippen molar-refractivity contribution in [1.29, 1.82) is 0 Å². The quantitative estimate of drug-likeness (QED) is 0.739. The molecule has 1 unspecified atom stereocenters. The number of hydrogen-bond donors (Lipinski definition) is 0. The molecule has 0 aromatic rings. The van der Waals surface area contributed by atoms with Gasteiger partial charge in [-0.15, -0.1) is 0 Å². The van der Waals surface area contributed by atoms with Gasteiger partial charge in [-0.2, -0.15) is 0 Å². The number of carbonyl (C=O) groups is 2. The molecule has 1 amide bonds. The van der Waals surface area contributed by atoms with E-state index in [1.807, 2.05) is 27.7 Å². The van der Waals surface area contributed by atoms with Gasteiger partial charge in [-0.1, -0.05) is 27.7 Å². The fraction of sp³-hybridized carbons (Fsp3) is 0.846. The minimum atomic E-state index is -0.245. The Morgan fingerprint density at radius 2 is 2.00 bits per heavy atom. The number of rotatable bonds is 3. The molecule has 0 saturated carbocycles. The maximum atomic E-state index is 12.0. The molecule has 1 aliphatic rings. The van der Waals surface area contributed by atoms with Crippen molar-refractivity contribution in [3.8, 4) is 0 Å². The standard InChI is InChI=1S/C13H23NO2/c1-5-10(15)12(13(2,3)4)14-9-7-6-8-11(14)16/h12H,5-9H2,1-4H3. The number of amides is 1. The van der Waals surface area contributed by atoms with Crippen LogP contribution >= 0.6 is 0 Å². The molecule has 3 heteroatoms. The van der Waals surface area contributed by atoms with Crippen LogP contribution in [0.5, 0.6) is 0 Å². The maximum Gasteiger partial charge on any atom is 0.223 e. The van der Waals surface area contributed by atoms with Gasteiger partial charge < -0.3 is 4.90 Å². The summed E-state index contributed by atoms with van der Waals surface area (Å²) in [5, 5.41) is 0. The first-order valence-corrected chi connectivity index (χ1v) is 6.20. The van der Waals surface area contributed by atoms with Gasteiger partial charge in [-0.3, -0.25) is 9.59 Å². The zero-order valence-corrected chi connectivity index (χ0v) is 10.9. The second-order valence-corrected chi connectivity index (χ2v) is 5.63.